The average Bonchev–Trinajstić information content (AvgIpc) is 2.79. The first kappa shape index (κ1) is 29.0. The fraction of sp³-hybridized carbons (Fsp3) is 0.455. The second kappa shape index (κ2) is 12.1. The van der Waals surface area contributed by atoms with E-state index in [1.165, 1.54) is 48.8 Å². The molecule has 0 heterocycles. The molecule has 0 aromatic heterocycles. The minimum atomic E-state index is -3.99. The maximum absolute atomic E-state index is 13.3. The Bertz CT molecular complexity index is 1180. The molecule has 34 heavy (non-hydrogen) atoms. The molecule has 0 aliphatic heterocycles. The van der Waals surface area contributed by atoms with E-state index < -0.39 is 44.7 Å². The van der Waals surface area contributed by atoms with Gasteiger partial charge in [0, 0.05) is 43.3 Å². The molecule has 0 spiro atoms. The predicted octanol–water partition coefficient (Wildman–Crippen LogP) is 3.34. The number of ether oxygens (including phenoxy) is 1. The van der Waals surface area contributed by atoms with Gasteiger partial charge < -0.3 is 9.84 Å². The van der Waals surface area contributed by atoms with Crippen LogP contribution in [0.3, 0.4) is 0 Å². The van der Waals surface area contributed by atoms with Crippen LogP contribution in [-0.2, 0) is 24.8 Å². The van der Waals surface area contributed by atoms with Crippen LogP contribution in [0.25, 0.3) is 0 Å². The zero-order valence-electron chi connectivity index (χ0n) is 19.4. The van der Waals surface area contributed by atoms with Crippen molar-refractivity contribution < 1.29 is 26.7 Å². The van der Waals surface area contributed by atoms with E-state index in [9.17, 15) is 21.9 Å². The van der Waals surface area contributed by atoms with Crippen molar-refractivity contribution in [3.05, 3.63) is 58.6 Å². The van der Waals surface area contributed by atoms with Crippen molar-refractivity contribution in [1.29, 1.82) is 0 Å². The lowest BCUT2D eigenvalue weighted by molar-refractivity contribution is 0.0360. The molecule has 1 N–H and O–H groups in total. The summed E-state index contributed by atoms with van der Waals surface area (Å²) < 4.78 is 60.5. The standard InChI is InChI=1S/C22H30Cl2N2O6S2/c1-16(13-26(17(2)15-27)34(30,31)21-10-6-8-19(24)12-21)22(32-4)14-25(3)33(28,29)20-9-5-7-18(23)11-20/h5-12,16-17,22,27H,13-15H2,1-4H3/t16-,17+,22-/m0/s1. The van der Waals surface area contributed by atoms with Crippen LogP contribution in [0.5, 0.6) is 0 Å². The lowest BCUT2D eigenvalue weighted by atomic mass is 10.0. The Kier molecular flexibility index (Phi) is 10.3. The second-order valence-corrected chi connectivity index (χ2v) is 12.9. The van der Waals surface area contributed by atoms with Crippen molar-refractivity contribution in [3.8, 4) is 0 Å². The molecule has 0 amide bonds. The number of likely N-dealkylation sites (N-methyl/N-ethyl adjacent to an activating group) is 1. The number of methoxy groups -OCH3 is 1. The number of benzene rings is 2. The molecule has 0 saturated heterocycles. The van der Waals surface area contributed by atoms with E-state index in [1.54, 1.807) is 32.0 Å². The van der Waals surface area contributed by atoms with Crippen LogP contribution in [-0.4, -0.2) is 76.6 Å². The minimum absolute atomic E-state index is 0.00196. The van der Waals surface area contributed by atoms with Gasteiger partial charge in [-0.2, -0.15) is 8.61 Å². The van der Waals surface area contributed by atoms with Gasteiger partial charge in [0.05, 0.1) is 22.5 Å². The predicted molar refractivity (Wildman–Crippen MR) is 133 cm³/mol. The van der Waals surface area contributed by atoms with Crippen LogP contribution in [0.2, 0.25) is 10.0 Å². The van der Waals surface area contributed by atoms with Gasteiger partial charge in [-0.15, -0.1) is 0 Å². The molecule has 12 heteroatoms. The zero-order valence-corrected chi connectivity index (χ0v) is 22.6. The molecule has 0 saturated carbocycles. The number of nitrogens with zero attached hydrogens (tertiary/aromatic N) is 2. The van der Waals surface area contributed by atoms with E-state index in [-0.39, 0.29) is 27.9 Å². The smallest absolute Gasteiger partial charge is 0.243 e. The third-order valence-electron chi connectivity index (χ3n) is 5.51. The summed E-state index contributed by atoms with van der Waals surface area (Å²) in [5.41, 5.74) is 0. The molecule has 0 radical (unpaired) electrons. The molecule has 0 fully saturated rings. The van der Waals surface area contributed by atoms with Gasteiger partial charge in [0.15, 0.2) is 0 Å². The van der Waals surface area contributed by atoms with E-state index >= 15 is 0 Å². The van der Waals surface area contributed by atoms with Crippen molar-refractivity contribution in [1.82, 2.24) is 8.61 Å². The zero-order chi connectivity index (χ0) is 25.7. The van der Waals surface area contributed by atoms with Crippen LogP contribution < -0.4 is 0 Å². The fourth-order valence-corrected chi connectivity index (χ4v) is 6.92. The lowest BCUT2D eigenvalue weighted by Crippen LogP contribution is -2.47. The van der Waals surface area contributed by atoms with Gasteiger partial charge in [0.1, 0.15) is 0 Å². The molecule has 2 rings (SSSR count). The van der Waals surface area contributed by atoms with Gasteiger partial charge in [-0.25, -0.2) is 16.8 Å². The molecule has 0 aliphatic carbocycles. The molecule has 8 nitrogen and oxygen atoms in total. The van der Waals surface area contributed by atoms with Gasteiger partial charge >= 0.3 is 0 Å². The van der Waals surface area contributed by atoms with E-state index in [2.05, 4.69) is 0 Å². The van der Waals surface area contributed by atoms with Crippen LogP contribution in [0, 0.1) is 5.92 Å². The van der Waals surface area contributed by atoms with E-state index in [1.807, 2.05) is 0 Å². The fourth-order valence-electron chi connectivity index (χ4n) is 3.42. The van der Waals surface area contributed by atoms with Crippen molar-refractivity contribution >= 4 is 43.2 Å². The molecule has 2 aromatic rings. The van der Waals surface area contributed by atoms with E-state index in [0.29, 0.717) is 5.02 Å². The Morgan fingerprint density at radius 2 is 1.41 bits per heavy atom. The van der Waals surface area contributed by atoms with E-state index in [0.717, 1.165) is 4.31 Å². The van der Waals surface area contributed by atoms with Crippen LogP contribution in [0.15, 0.2) is 58.3 Å². The highest BCUT2D eigenvalue weighted by Gasteiger charge is 2.34. The number of hydrogen-bond donors (Lipinski definition) is 1. The summed E-state index contributed by atoms with van der Waals surface area (Å²) in [6, 6.07) is 11.1. The average molecular weight is 554 g/mol. The van der Waals surface area contributed by atoms with Gasteiger partial charge in [-0.05, 0) is 49.2 Å². The van der Waals surface area contributed by atoms with Crippen LogP contribution in [0.1, 0.15) is 13.8 Å². The second-order valence-electron chi connectivity index (χ2n) is 8.06. The first-order chi connectivity index (χ1) is 15.8. The molecular weight excluding hydrogens is 523 g/mol. The number of hydrogen-bond acceptors (Lipinski definition) is 6. The Morgan fingerprint density at radius 3 is 1.85 bits per heavy atom. The Morgan fingerprint density at radius 1 is 0.912 bits per heavy atom. The quantitative estimate of drug-likeness (QED) is 0.433. The topological polar surface area (TPSA) is 104 Å². The monoisotopic (exact) mass is 552 g/mol. The summed E-state index contributed by atoms with van der Waals surface area (Å²) >= 11 is 11.9. The Labute approximate surface area is 212 Å². The summed E-state index contributed by atoms with van der Waals surface area (Å²) in [6.07, 6.45) is -0.637. The maximum Gasteiger partial charge on any atom is 0.243 e. The lowest BCUT2D eigenvalue weighted by Gasteiger charge is -2.33. The van der Waals surface area contributed by atoms with Gasteiger partial charge in [0.25, 0.3) is 0 Å². The van der Waals surface area contributed by atoms with Gasteiger partial charge in [-0.3, -0.25) is 0 Å². The summed E-state index contributed by atoms with van der Waals surface area (Å²) in [5, 5.41) is 10.3. The molecule has 0 unspecified atom stereocenters. The minimum Gasteiger partial charge on any atom is -0.395 e. The van der Waals surface area contributed by atoms with Crippen LogP contribution >= 0.6 is 23.2 Å². The number of halogens is 2. The van der Waals surface area contributed by atoms with Crippen molar-refractivity contribution in [2.45, 2.75) is 35.8 Å². The Balaban J connectivity index is 2.27. The first-order valence-electron chi connectivity index (χ1n) is 10.5. The van der Waals surface area contributed by atoms with Crippen LogP contribution in [0.4, 0.5) is 0 Å². The van der Waals surface area contributed by atoms with Gasteiger partial charge in [-0.1, -0.05) is 42.3 Å². The highest BCUT2D eigenvalue weighted by Crippen LogP contribution is 2.25. The molecule has 2 aromatic carbocycles. The molecule has 3 atom stereocenters. The third-order valence-corrected chi connectivity index (χ3v) is 9.77. The summed E-state index contributed by atoms with van der Waals surface area (Å²) in [5.74, 6) is -0.426. The Hall–Kier alpha value is -1.24. The number of rotatable bonds is 12. The van der Waals surface area contributed by atoms with Gasteiger partial charge in [0.2, 0.25) is 20.0 Å². The number of aliphatic hydroxyl groups excluding tert-OH is 1. The molecule has 190 valence electrons. The normalized spacial score (nSPS) is 15.4. The first-order valence-corrected chi connectivity index (χ1v) is 14.1. The summed E-state index contributed by atoms with van der Waals surface area (Å²) in [4.78, 5) is 0.0474. The van der Waals surface area contributed by atoms with Crippen molar-refractivity contribution in [2.24, 2.45) is 5.92 Å². The van der Waals surface area contributed by atoms with Crippen molar-refractivity contribution in [2.75, 3.05) is 33.9 Å². The number of aliphatic hydroxyl groups is 1. The third kappa shape index (κ3) is 6.92. The maximum atomic E-state index is 13.3. The SMILES string of the molecule is CO[C@@H](CN(C)S(=O)(=O)c1cccc(Cl)c1)[C@@H](C)CN([C@H](C)CO)S(=O)(=O)c1cccc(Cl)c1. The summed E-state index contributed by atoms with van der Waals surface area (Å²) in [6.45, 7) is 2.92. The highest BCUT2D eigenvalue weighted by atomic mass is 35.5. The van der Waals surface area contributed by atoms with E-state index in [4.69, 9.17) is 27.9 Å². The number of sulfonamides is 2. The molecular formula is C22H30Cl2N2O6S2. The summed E-state index contributed by atoms with van der Waals surface area (Å²) in [7, 11) is -4.97. The largest absolute Gasteiger partial charge is 0.395 e. The molecule has 0 aliphatic rings. The highest BCUT2D eigenvalue weighted by molar-refractivity contribution is 7.89. The molecule has 0 bridgehead atoms. The van der Waals surface area contributed by atoms with Crippen molar-refractivity contribution in [3.63, 3.8) is 0 Å².